The summed E-state index contributed by atoms with van der Waals surface area (Å²) < 4.78 is 0. The van der Waals surface area contributed by atoms with E-state index < -0.39 is 11.9 Å². The standard InChI is InChI=1S/C15H20N2O4/c1-3-10(2)16-15(21)11-5-4-6-12(9-11)17-13(18)7-8-14(19)20/h4-6,9-10H,3,7-8H2,1-2H3,(H,16,21)(H,17,18)(H,19,20)/t10-/m1/s1. The zero-order chi connectivity index (χ0) is 15.8. The fraction of sp³-hybridized carbons (Fsp3) is 0.400. The molecule has 1 aromatic rings. The van der Waals surface area contributed by atoms with E-state index in [1.54, 1.807) is 24.3 Å². The second kappa shape index (κ2) is 8.04. The number of carbonyl (C=O) groups is 3. The highest BCUT2D eigenvalue weighted by molar-refractivity contribution is 5.97. The van der Waals surface area contributed by atoms with Crippen LogP contribution in [0.4, 0.5) is 5.69 Å². The highest BCUT2D eigenvalue weighted by Crippen LogP contribution is 2.11. The molecular weight excluding hydrogens is 272 g/mol. The van der Waals surface area contributed by atoms with E-state index in [1.807, 2.05) is 13.8 Å². The third-order valence-corrected chi connectivity index (χ3v) is 2.96. The number of anilines is 1. The highest BCUT2D eigenvalue weighted by Gasteiger charge is 2.10. The number of hydrogen-bond donors (Lipinski definition) is 3. The van der Waals surface area contributed by atoms with Gasteiger partial charge in [-0.2, -0.15) is 0 Å². The van der Waals surface area contributed by atoms with E-state index in [0.29, 0.717) is 11.3 Å². The number of amides is 2. The summed E-state index contributed by atoms with van der Waals surface area (Å²) in [6.45, 7) is 3.89. The molecule has 0 spiro atoms. The first-order valence-corrected chi connectivity index (χ1v) is 6.85. The summed E-state index contributed by atoms with van der Waals surface area (Å²) in [5, 5.41) is 13.9. The van der Waals surface area contributed by atoms with Gasteiger partial charge in [0.1, 0.15) is 0 Å². The Kier molecular flexibility index (Phi) is 6.39. The number of benzene rings is 1. The Morgan fingerprint density at radius 2 is 1.95 bits per heavy atom. The molecule has 0 heterocycles. The first-order valence-electron chi connectivity index (χ1n) is 6.85. The molecule has 114 valence electrons. The molecule has 0 saturated carbocycles. The van der Waals surface area contributed by atoms with Crippen molar-refractivity contribution in [1.29, 1.82) is 0 Å². The lowest BCUT2D eigenvalue weighted by Crippen LogP contribution is -2.31. The zero-order valence-electron chi connectivity index (χ0n) is 12.2. The van der Waals surface area contributed by atoms with Gasteiger partial charge >= 0.3 is 5.97 Å². The number of carboxylic acid groups (broad SMARTS) is 1. The third kappa shape index (κ3) is 6.07. The van der Waals surface area contributed by atoms with E-state index in [-0.39, 0.29) is 24.8 Å². The number of carboxylic acids is 1. The van der Waals surface area contributed by atoms with Crippen LogP contribution in [0.1, 0.15) is 43.5 Å². The van der Waals surface area contributed by atoms with Crippen LogP contribution in [0.5, 0.6) is 0 Å². The fourth-order valence-electron chi connectivity index (χ4n) is 1.59. The quantitative estimate of drug-likeness (QED) is 0.716. The molecule has 6 nitrogen and oxygen atoms in total. The van der Waals surface area contributed by atoms with Crippen molar-refractivity contribution in [3.8, 4) is 0 Å². The van der Waals surface area contributed by atoms with Gasteiger partial charge in [-0.1, -0.05) is 13.0 Å². The van der Waals surface area contributed by atoms with Crippen LogP contribution in [0, 0.1) is 0 Å². The largest absolute Gasteiger partial charge is 0.481 e. The van der Waals surface area contributed by atoms with Gasteiger partial charge in [-0.05, 0) is 31.5 Å². The number of hydrogen-bond acceptors (Lipinski definition) is 3. The summed E-state index contributed by atoms with van der Waals surface area (Å²) in [5.74, 6) is -1.62. The molecule has 0 bridgehead atoms. The van der Waals surface area contributed by atoms with Crippen molar-refractivity contribution in [3.63, 3.8) is 0 Å². The van der Waals surface area contributed by atoms with E-state index in [4.69, 9.17) is 5.11 Å². The first-order chi connectivity index (χ1) is 9.92. The summed E-state index contributed by atoms with van der Waals surface area (Å²) in [4.78, 5) is 33.9. The molecule has 0 aliphatic heterocycles. The average Bonchev–Trinajstić information content (AvgIpc) is 2.45. The number of rotatable bonds is 7. The summed E-state index contributed by atoms with van der Waals surface area (Å²) in [5.41, 5.74) is 0.925. The molecule has 21 heavy (non-hydrogen) atoms. The molecule has 0 aliphatic carbocycles. The molecule has 3 N–H and O–H groups in total. The molecular formula is C15H20N2O4. The summed E-state index contributed by atoms with van der Waals surface area (Å²) in [6, 6.07) is 6.62. The van der Waals surface area contributed by atoms with Crippen LogP contribution in [0.25, 0.3) is 0 Å². The molecule has 0 aliphatic rings. The van der Waals surface area contributed by atoms with Gasteiger partial charge in [-0.25, -0.2) is 0 Å². The predicted octanol–water partition coefficient (Wildman–Crippen LogP) is 2.02. The second-order valence-electron chi connectivity index (χ2n) is 4.81. The van der Waals surface area contributed by atoms with Crippen molar-refractivity contribution in [2.75, 3.05) is 5.32 Å². The minimum Gasteiger partial charge on any atom is -0.481 e. The SMILES string of the molecule is CC[C@@H](C)NC(=O)c1cccc(NC(=O)CCC(=O)O)c1. The fourth-order valence-corrected chi connectivity index (χ4v) is 1.59. The Hall–Kier alpha value is -2.37. The molecule has 0 fully saturated rings. The summed E-state index contributed by atoms with van der Waals surface area (Å²) in [7, 11) is 0. The van der Waals surface area contributed by atoms with Gasteiger partial charge in [0.05, 0.1) is 6.42 Å². The molecule has 6 heteroatoms. The lowest BCUT2D eigenvalue weighted by molar-refractivity contribution is -0.138. The van der Waals surface area contributed by atoms with Crippen molar-refractivity contribution in [2.24, 2.45) is 0 Å². The van der Waals surface area contributed by atoms with Crippen LogP contribution >= 0.6 is 0 Å². The van der Waals surface area contributed by atoms with Crippen LogP contribution in [0.15, 0.2) is 24.3 Å². The van der Waals surface area contributed by atoms with Gasteiger partial charge in [0.2, 0.25) is 5.91 Å². The molecule has 2 amide bonds. The molecule has 0 aromatic heterocycles. The van der Waals surface area contributed by atoms with Crippen LogP contribution < -0.4 is 10.6 Å². The number of nitrogens with one attached hydrogen (secondary N) is 2. The van der Waals surface area contributed by atoms with Crippen LogP contribution in [0.3, 0.4) is 0 Å². The molecule has 1 atom stereocenters. The summed E-state index contributed by atoms with van der Waals surface area (Å²) in [6.07, 6.45) is 0.510. The van der Waals surface area contributed by atoms with Gasteiger partial charge in [0.15, 0.2) is 0 Å². The van der Waals surface area contributed by atoms with E-state index >= 15 is 0 Å². The van der Waals surface area contributed by atoms with Crippen molar-refractivity contribution >= 4 is 23.5 Å². The normalized spacial score (nSPS) is 11.5. The predicted molar refractivity (Wildman–Crippen MR) is 79.2 cm³/mol. The highest BCUT2D eigenvalue weighted by atomic mass is 16.4. The van der Waals surface area contributed by atoms with Gasteiger partial charge in [-0.3, -0.25) is 14.4 Å². The Morgan fingerprint density at radius 1 is 1.24 bits per heavy atom. The molecule has 0 saturated heterocycles. The van der Waals surface area contributed by atoms with Crippen LogP contribution in [-0.4, -0.2) is 28.9 Å². The monoisotopic (exact) mass is 292 g/mol. The average molecular weight is 292 g/mol. The Balaban J connectivity index is 2.65. The lowest BCUT2D eigenvalue weighted by Gasteiger charge is -2.12. The maximum atomic E-state index is 12.0. The maximum Gasteiger partial charge on any atom is 0.303 e. The minimum atomic E-state index is -1.02. The van der Waals surface area contributed by atoms with Gasteiger partial charge in [0.25, 0.3) is 5.91 Å². The second-order valence-corrected chi connectivity index (χ2v) is 4.81. The topological polar surface area (TPSA) is 95.5 Å². The number of carbonyl (C=O) groups excluding carboxylic acids is 2. The van der Waals surface area contributed by atoms with E-state index in [1.165, 1.54) is 0 Å². The van der Waals surface area contributed by atoms with E-state index in [0.717, 1.165) is 6.42 Å². The van der Waals surface area contributed by atoms with Gasteiger partial charge in [-0.15, -0.1) is 0 Å². The van der Waals surface area contributed by atoms with E-state index in [9.17, 15) is 14.4 Å². The maximum absolute atomic E-state index is 12.0. The van der Waals surface area contributed by atoms with Crippen LogP contribution in [-0.2, 0) is 9.59 Å². The van der Waals surface area contributed by atoms with Crippen molar-refractivity contribution in [2.45, 2.75) is 39.2 Å². The Bertz CT molecular complexity index is 528. The number of aliphatic carboxylic acids is 1. The van der Waals surface area contributed by atoms with Gasteiger partial charge in [0, 0.05) is 23.7 Å². The van der Waals surface area contributed by atoms with Crippen molar-refractivity contribution in [3.05, 3.63) is 29.8 Å². The third-order valence-electron chi connectivity index (χ3n) is 2.96. The van der Waals surface area contributed by atoms with Crippen molar-refractivity contribution in [1.82, 2.24) is 5.32 Å². The Labute approximate surface area is 123 Å². The first kappa shape index (κ1) is 16.7. The minimum absolute atomic E-state index is 0.0753. The van der Waals surface area contributed by atoms with E-state index in [2.05, 4.69) is 10.6 Å². The molecule has 0 unspecified atom stereocenters. The smallest absolute Gasteiger partial charge is 0.303 e. The molecule has 0 radical (unpaired) electrons. The van der Waals surface area contributed by atoms with Gasteiger partial charge < -0.3 is 15.7 Å². The van der Waals surface area contributed by atoms with Crippen LogP contribution in [0.2, 0.25) is 0 Å². The molecule has 1 aromatic carbocycles. The molecule has 1 rings (SSSR count). The zero-order valence-corrected chi connectivity index (χ0v) is 12.2. The Morgan fingerprint density at radius 3 is 2.57 bits per heavy atom. The van der Waals surface area contributed by atoms with Crippen molar-refractivity contribution < 1.29 is 19.5 Å². The lowest BCUT2D eigenvalue weighted by atomic mass is 10.1. The summed E-state index contributed by atoms with van der Waals surface area (Å²) >= 11 is 0.